The molecule has 0 bridgehead atoms. The van der Waals surface area contributed by atoms with Crippen LogP contribution in [0.4, 0.5) is 0 Å². The topological polar surface area (TPSA) is 38.2 Å². The zero-order valence-corrected chi connectivity index (χ0v) is 14.4. The Labute approximate surface area is 137 Å². The molecule has 4 nitrogen and oxygen atoms in total. The summed E-state index contributed by atoms with van der Waals surface area (Å²) in [5.74, 6) is 0. The maximum absolute atomic E-state index is 5.85. The van der Waals surface area contributed by atoms with Crippen LogP contribution in [0.1, 0.15) is 22.6 Å². The summed E-state index contributed by atoms with van der Waals surface area (Å²) in [4.78, 5) is 13.7. The molecule has 0 aliphatic carbocycles. The number of aryl methyl sites for hydroxylation is 1. The van der Waals surface area contributed by atoms with Crippen molar-refractivity contribution in [3.8, 4) is 6.01 Å². The molecule has 0 N–H and O–H groups in total. The highest BCUT2D eigenvalue weighted by Gasteiger charge is 2.21. The van der Waals surface area contributed by atoms with Crippen LogP contribution in [-0.2, 0) is 6.54 Å². The second kappa shape index (κ2) is 6.85. The molecule has 0 radical (unpaired) electrons. The Bertz CT molecular complexity index is 579. The van der Waals surface area contributed by atoms with Crippen LogP contribution >= 0.6 is 27.3 Å². The van der Waals surface area contributed by atoms with E-state index in [0.717, 1.165) is 36.9 Å². The van der Waals surface area contributed by atoms with Crippen LogP contribution < -0.4 is 4.74 Å². The van der Waals surface area contributed by atoms with Crippen molar-refractivity contribution >= 4 is 27.3 Å². The van der Waals surface area contributed by atoms with Crippen LogP contribution in [0.5, 0.6) is 6.01 Å². The molecule has 3 heterocycles. The summed E-state index contributed by atoms with van der Waals surface area (Å²) in [6, 6.07) is 4.91. The molecule has 0 spiro atoms. The lowest BCUT2D eigenvalue weighted by atomic mass is 10.1. The van der Waals surface area contributed by atoms with Crippen molar-refractivity contribution in [2.45, 2.75) is 32.4 Å². The van der Waals surface area contributed by atoms with Gasteiger partial charge in [-0.15, -0.1) is 11.3 Å². The first-order valence-electron chi connectivity index (χ1n) is 7.11. The summed E-state index contributed by atoms with van der Waals surface area (Å²) >= 11 is 5.21. The predicted molar refractivity (Wildman–Crippen MR) is 87.7 cm³/mol. The Kier molecular flexibility index (Phi) is 4.87. The van der Waals surface area contributed by atoms with E-state index < -0.39 is 0 Å². The van der Waals surface area contributed by atoms with E-state index in [2.05, 4.69) is 49.9 Å². The van der Waals surface area contributed by atoms with Gasteiger partial charge < -0.3 is 4.74 Å². The van der Waals surface area contributed by atoms with Gasteiger partial charge in [0, 0.05) is 41.8 Å². The van der Waals surface area contributed by atoms with E-state index in [0.29, 0.717) is 6.01 Å². The lowest BCUT2D eigenvalue weighted by molar-refractivity contribution is 0.0897. The predicted octanol–water partition coefficient (Wildman–Crippen LogP) is 3.65. The molecule has 1 saturated heterocycles. The van der Waals surface area contributed by atoms with Gasteiger partial charge in [-0.05, 0) is 47.8 Å². The minimum atomic E-state index is 0.229. The molecule has 112 valence electrons. The summed E-state index contributed by atoms with van der Waals surface area (Å²) in [5, 5.41) is 0. The second-order valence-electron chi connectivity index (χ2n) is 5.29. The van der Waals surface area contributed by atoms with Gasteiger partial charge in [0.15, 0.2) is 0 Å². The molecule has 0 aromatic carbocycles. The third-order valence-corrected chi connectivity index (χ3v) is 4.97. The fraction of sp³-hybridized carbons (Fsp3) is 0.467. The van der Waals surface area contributed by atoms with Crippen LogP contribution in [0.15, 0.2) is 29.0 Å². The number of ether oxygens (including phenoxy) is 1. The highest BCUT2D eigenvalue weighted by atomic mass is 79.9. The van der Waals surface area contributed by atoms with Gasteiger partial charge in [0.05, 0.1) is 4.47 Å². The molecule has 1 aliphatic heterocycles. The van der Waals surface area contributed by atoms with Gasteiger partial charge in [0.25, 0.3) is 0 Å². The Hall–Kier alpha value is -0.980. The van der Waals surface area contributed by atoms with Crippen molar-refractivity contribution in [3.63, 3.8) is 0 Å². The number of hydrogen-bond acceptors (Lipinski definition) is 5. The quantitative estimate of drug-likeness (QED) is 0.826. The van der Waals surface area contributed by atoms with E-state index in [1.165, 1.54) is 9.75 Å². The van der Waals surface area contributed by atoms with E-state index in [1.54, 1.807) is 12.4 Å². The van der Waals surface area contributed by atoms with Crippen molar-refractivity contribution in [2.75, 3.05) is 13.1 Å². The first-order valence-corrected chi connectivity index (χ1v) is 8.72. The Morgan fingerprint density at radius 1 is 1.29 bits per heavy atom. The Balaban J connectivity index is 1.47. The van der Waals surface area contributed by atoms with Crippen molar-refractivity contribution < 1.29 is 4.74 Å². The van der Waals surface area contributed by atoms with Crippen LogP contribution in [0.2, 0.25) is 0 Å². The Morgan fingerprint density at radius 2 is 2.00 bits per heavy atom. The standard InChI is InChI=1S/C15H18BrN3OS/c1-11-2-3-14(21-11)10-19-6-4-13(5-7-19)20-15-17-8-12(16)9-18-15/h2-3,8-9,13H,4-7,10H2,1H3. The van der Waals surface area contributed by atoms with Crippen LogP contribution in [-0.4, -0.2) is 34.1 Å². The maximum Gasteiger partial charge on any atom is 0.316 e. The lowest BCUT2D eigenvalue weighted by Gasteiger charge is -2.31. The molecule has 0 amide bonds. The molecule has 1 aliphatic rings. The number of halogens is 1. The molecule has 2 aromatic heterocycles. The molecule has 2 aromatic rings. The highest BCUT2D eigenvalue weighted by Crippen LogP contribution is 2.21. The summed E-state index contributed by atoms with van der Waals surface area (Å²) in [6.45, 7) is 5.35. The molecule has 0 atom stereocenters. The average Bonchev–Trinajstić information content (AvgIpc) is 2.89. The van der Waals surface area contributed by atoms with Gasteiger partial charge in [-0.25, -0.2) is 9.97 Å². The molecule has 0 unspecified atom stereocenters. The van der Waals surface area contributed by atoms with Crippen molar-refractivity contribution in [1.29, 1.82) is 0 Å². The smallest absolute Gasteiger partial charge is 0.316 e. The first kappa shape index (κ1) is 14.9. The zero-order chi connectivity index (χ0) is 14.7. The average molecular weight is 368 g/mol. The molecule has 1 fully saturated rings. The number of nitrogens with zero attached hydrogens (tertiary/aromatic N) is 3. The van der Waals surface area contributed by atoms with Crippen molar-refractivity contribution in [2.24, 2.45) is 0 Å². The number of thiophene rings is 1. The minimum absolute atomic E-state index is 0.229. The maximum atomic E-state index is 5.85. The molecular weight excluding hydrogens is 350 g/mol. The van der Waals surface area contributed by atoms with Crippen molar-refractivity contribution in [1.82, 2.24) is 14.9 Å². The Morgan fingerprint density at radius 3 is 2.62 bits per heavy atom. The van der Waals surface area contributed by atoms with Gasteiger partial charge in [-0.2, -0.15) is 0 Å². The molecule has 21 heavy (non-hydrogen) atoms. The van der Waals surface area contributed by atoms with Gasteiger partial charge >= 0.3 is 6.01 Å². The summed E-state index contributed by atoms with van der Waals surface area (Å²) in [7, 11) is 0. The van der Waals surface area contributed by atoms with Crippen LogP contribution in [0.3, 0.4) is 0 Å². The van der Waals surface area contributed by atoms with E-state index >= 15 is 0 Å². The van der Waals surface area contributed by atoms with Gasteiger partial charge in [0.1, 0.15) is 6.10 Å². The normalized spacial score (nSPS) is 17.0. The third kappa shape index (κ3) is 4.25. The SMILES string of the molecule is Cc1ccc(CN2CCC(Oc3ncc(Br)cn3)CC2)s1. The number of hydrogen-bond donors (Lipinski definition) is 0. The van der Waals surface area contributed by atoms with E-state index in [-0.39, 0.29) is 6.10 Å². The van der Waals surface area contributed by atoms with Crippen LogP contribution in [0, 0.1) is 6.92 Å². The van der Waals surface area contributed by atoms with Gasteiger partial charge in [-0.3, -0.25) is 4.90 Å². The second-order valence-corrected chi connectivity index (χ2v) is 7.58. The fourth-order valence-electron chi connectivity index (χ4n) is 2.49. The zero-order valence-electron chi connectivity index (χ0n) is 12.0. The first-order chi connectivity index (χ1) is 10.2. The van der Waals surface area contributed by atoms with Crippen LogP contribution in [0.25, 0.3) is 0 Å². The third-order valence-electron chi connectivity index (χ3n) is 3.58. The largest absolute Gasteiger partial charge is 0.460 e. The summed E-state index contributed by atoms with van der Waals surface area (Å²) in [6.07, 6.45) is 5.73. The number of likely N-dealkylation sites (tertiary alicyclic amines) is 1. The summed E-state index contributed by atoms with van der Waals surface area (Å²) in [5.41, 5.74) is 0. The number of piperidine rings is 1. The lowest BCUT2D eigenvalue weighted by Crippen LogP contribution is -2.37. The molecular formula is C15H18BrN3OS. The minimum Gasteiger partial charge on any atom is -0.460 e. The molecule has 3 rings (SSSR count). The fourth-order valence-corrected chi connectivity index (χ4v) is 3.62. The molecule has 6 heteroatoms. The monoisotopic (exact) mass is 367 g/mol. The number of aromatic nitrogens is 2. The van der Waals surface area contributed by atoms with Gasteiger partial charge in [-0.1, -0.05) is 0 Å². The summed E-state index contributed by atoms with van der Waals surface area (Å²) < 4.78 is 6.72. The van der Waals surface area contributed by atoms with E-state index in [4.69, 9.17) is 4.74 Å². The highest BCUT2D eigenvalue weighted by molar-refractivity contribution is 9.10. The van der Waals surface area contributed by atoms with E-state index in [9.17, 15) is 0 Å². The van der Waals surface area contributed by atoms with Gasteiger partial charge in [0.2, 0.25) is 0 Å². The molecule has 0 saturated carbocycles. The number of rotatable bonds is 4. The van der Waals surface area contributed by atoms with Crippen molar-refractivity contribution in [3.05, 3.63) is 38.8 Å². The van der Waals surface area contributed by atoms with E-state index in [1.807, 2.05) is 11.3 Å².